The summed E-state index contributed by atoms with van der Waals surface area (Å²) < 4.78 is 71.6. The first kappa shape index (κ1) is 23.1. The van der Waals surface area contributed by atoms with Gasteiger partial charge < -0.3 is 9.47 Å². The zero-order valence-corrected chi connectivity index (χ0v) is 19.3. The molecule has 2 aliphatic carbocycles. The maximum Gasteiger partial charge on any atom is 0.338 e. The van der Waals surface area contributed by atoms with E-state index in [4.69, 9.17) is 18.2 Å². The molecule has 2 bridgehead atoms. The lowest BCUT2D eigenvalue weighted by Crippen LogP contribution is -2.46. The summed E-state index contributed by atoms with van der Waals surface area (Å²) in [4.78, 5) is 25.6. The normalized spacial score (nSPS) is 32.1. The first-order valence-electron chi connectivity index (χ1n) is 10.1. The summed E-state index contributed by atoms with van der Waals surface area (Å²) in [6, 6.07) is 3.62. The van der Waals surface area contributed by atoms with Crippen LogP contribution in [-0.4, -0.2) is 63.1 Å². The third-order valence-electron chi connectivity index (χ3n) is 6.66. The molecule has 0 radical (unpaired) electrons. The van der Waals surface area contributed by atoms with Crippen LogP contribution >= 0.6 is 0 Å². The Balaban J connectivity index is 1.57. The Kier molecular flexibility index (Phi) is 5.63. The SMILES string of the molecule is Cc1cc(C)c(C)c(C(=O)OC2C3CC4C2OS(=O)(=O)C4C3C(=O)OCCS(=O)(=O)O)c1. The summed E-state index contributed by atoms with van der Waals surface area (Å²) >= 11 is 0. The molecular weight excluding hydrogens is 464 g/mol. The van der Waals surface area contributed by atoms with Gasteiger partial charge in [-0.1, -0.05) is 6.07 Å². The van der Waals surface area contributed by atoms with E-state index >= 15 is 0 Å². The zero-order valence-electron chi connectivity index (χ0n) is 17.7. The highest BCUT2D eigenvalue weighted by molar-refractivity contribution is 7.87. The van der Waals surface area contributed by atoms with Crippen LogP contribution < -0.4 is 0 Å². The third kappa shape index (κ3) is 3.93. The highest BCUT2D eigenvalue weighted by Crippen LogP contribution is 2.58. The maximum absolute atomic E-state index is 13.0. The van der Waals surface area contributed by atoms with Crippen molar-refractivity contribution in [1.29, 1.82) is 0 Å². The molecule has 176 valence electrons. The Hall–Kier alpha value is -2.02. The molecule has 1 saturated heterocycles. The summed E-state index contributed by atoms with van der Waals surface area (Å²) in [5.41, 5.74) is 2.87. The molecule has 0 spiro atoms. The van der Waals surface area contributed by atoms with Crippen molar-refractivity contribution in [2.75, 3.05) is 12.4 Å². The lowest BCUT2D eigenvalue weighted by molar-refractivity contribution is -0.152. The quantitative estimate of drug-likeness (QED) is 0.348. The number of hydrogen-bond donors (Lipinski definition) is 1. The van der Waals surface area contributed by atoms with Gasteiger partial charge in [0.2, 0.25) is 0 Å². The second kappa shape index (κ2) is 7.79. The standard InChI is InChI=1S/C20H24O10S2/c1-9-6-10(2)11(3)12(7-9)19(21)29-16-13-8-14-17(16)30-32(26,27)18(14)15(13)20(22)28-4-5-31(23,24)25/h6-7,13-18H,4-5,8H2,1-3H3,(H,23,24,25). The summed E-state index contributed by atoms with van der Waals surface area (Å²) in [7, 11) is -8.44. The molecular formula is C20H24O10S2. The molecule has 1 aliphatic heterocycles. The van der Waals surface area contributed by atoms with Crippen molar-refractivity contribution in [2.24, 2.45) is 17.8 Å². The Morgan fingerprint density at radius 1 is 1.19 bits per heavy atom. The number of carbonyl (C=O) groups excluding carboxylic acids is 2. The van der Waals surface area contributed by atoms with E-state index in [9.17, 15) is 26.4 Å². The molecule has 3 aliphatic rings. The van der Waals surface area contributed by atoms with E-state index < -0.39 is 79.7 Å². The molecule has 0 amide bonds. The lowest BCUT2D eigenvalue weighted by atomic mass is 9.84. The average molecular weight is 489 g/mol. The van der Waals surface area contributed by atoms with Crippen LogP contribution in [0.2, 0.25) is 0 Å². The van der Waals surface area contributed by atoms with Gasteiger partial charge in [-0.3, -0.25) is 13.5 Å². The number of hydrogen-bond acceptors (Lipinski definition) is 9. The first-order chi connectivity index (χ1) is 14.8. The van der Waals surface area contributed by atoms with Crippen molar-refractivity contribution in [3.8, 4) is 0 Å². The van der Waals surface area contributed by atoms with Crippen LogP contribution in [0.15, 0.2) is 12.1 Å². The topological polar surface area (TPSA) is 150 Å². The van der Waals surface area contributed by atoms with Gasteiger partial charge in [0.25, 0.3) is 20.2 Å². The number of carbonyl (C=O) groups is 2. The van der Waals surface area contributed by atoms with Crippen LogP contribution in [0, 0.1) is 38.5 Å². The van der Waals surface area contributed by atoms with Crippen LogP contribution in [0.3, 0.4) is 0 Å². The highest BCUT2D eigenvalue weighted by atomic mass is 32.2. The fraction of sp³-hybridized carbons (Fsp3) is 0.600. The number of ether oxygens (including phenoxy) is 2. The van der Waals surface area contributed by atoms with Gasteiger partial charge in [0, 0.05) is 11.8 Å². The molecule has 12 heteroatoms. The molecule has 4 rings (SSSR count). The van der Waals surface area contributed by atoms with E-state index in [1.54, 1.807) is 13.0 Å². The van der Waals surface area contributed by atoms with Gasteiger partial charge in [-0.15, -0.1) is 0 Å². The molecule has 6 unspecified atom stereocenters. The summed E-state index contributed by atoms with van der Waals surface area (Å²) in [5.74, 6) is -4.66. The van der Waals surface area contributed by atoms with E-state index in [2.05, 4.69) is 0 Å². The predicted molar refractivity (Wildman–Crippen MR) is 110 cm³/mol. The smallest absolute Gasteiger partial charge is 0.338 e. The lowest BCUT2D eigenvalue weighted by Gasteiger charge is -2.30. The molecule has 0 aromatic heterocycles. The fourth-order valence-corrected chi connectivity index (χ4v) is 7.59. The Labute approximate surface area is 186 Å². The monoisotopic (exact) mass is 488 g/mol. The maximum atomic E-state index is 13.0. The highest BCUT2D eigenvalue weighted by Gasteiger charge is 2.72. The predicted octanol–water partition coefficient (Wildman–Crippen LogP) is 0.931. The number of rotatable bonds is 6. The van der Waals surface area contributed by atoms with Gasteiger partial charge in [0.05, 0.1) is 11.5 Å². The Bertz CT molecular complexity index is 1190. The molecule has 32 heavy (non-hydrogen) atoms. The van der Waals surface area contributed by atoms with Crippen molar-refractivity contribution >= 4 is 32.2 Å². The van der Waals surface area contributed by atoms with Gasteiger partial charge in [-0.25, -0.2) is 4.79 Å². The Morgan fingerprint density at radius 2 is 1.88 bits per heavy atom. The van der Waals surface area contributed by atoms with Crippen molar-refractivity contribution in [3.63, 3.8) is 0 Å². The van der Waals surface area contributed by atoms with Gasteiger partial charge in [-0.05, 0) is 49.9 Å². The van der Waals surface area contributed by atoms with Crippen LogP contribution in [0.25, 0.3) is 0 Å². The van der Waals surface area contributed by atoms with Crippen LogP contribution in [0.4, 0.5) is 0 Å². The molecule has 6 atom stereocenters. The minimum absolute atomic E-state index is 0.302. The van der Waals surface area contributed by atoms with Gasteiger partial charge in [0.1, 0.15) is 29.8 Å². The number of benzene rings is 1. The molecule has 10 nitrogen and oxygen atoms in total. The second-order valence-electron chi connectivity index (χ2n) is 8.69. The molecule has 1 aromatic carbocycles. The van der Waals surface area contributed by atoms with Crippen molar-refractivity contribution < 1.29 is 44.6 Å². The van der Waals surface area contributed by atoms with Crippen molar-refractivity contribution in [1.82, 2.24) is 0 Å². The molecule has 3 fully saturated rings. The molecule has 2 saturated carbocycles. The van der Waals surface area contributed by atoms with Gasteiger partial charge in [0.15, 0.2) is 0 Å². The van der Waals surface area contributed by atoms with Crippen molar-refractivity contribution in [3.05, 3.63) is 34.4 Å². The number of aryl methyl sites for hydroxylation is 2. The van der Waals surface area contributed by atoms with E-state index in [1.165, 1.54) is 0 Å². The molecule has 1 aromatic rings. The third-order valence-corrected chi connectivity index (χ3v) is 9.14. The van der Waals surface area contributed by atoms with Gasteiger partial charge >= 0.3 is 11.9 Å². The number of esters is 2. The second-order valence-corrected chi connectivity index (χ2v) is 12.0. The molecule has 1 heterocycles. The van der Waals surface area contributed by atoms with Crippen LogP contribution in [-0.2, 0) is 38.7 Å². The van der Waals surface area contributed by atoms with E-state index in [1.807, 2.05) is 19.9 Å². The van der Waals surface area contributed by atoms with E-state index in [0.29, 0.717) is 12.0 Å². The van der Waals surface area contributed by atoms with Gasteiger partial charge in [-0.2, -0.15) is 16.8 Å². The average Bonchev–Trinajstić information content (AvgIpc) is 3.26. The minimum Gasteiger partial charge on any atom is -0.464 e. The molecule has 1 N–H and O–H groups in total. The zero-order chi connectivity index (χ0) is 23.6. The largest absolute Gasteiger partial charge is 0.464 e. The Morgan fingerprint density at radius 3 is 2.53 bits per heavy atom. The summed E-state index contributed by atoms with van der Waals surface area (Å²) in [6.45, 7) is 4.88. The van der Waals surface area contributed by atoms with Crippen LogP contribution in [0.1, 0.15) is 33.5 Å². The fourth-order valence-electron chi connectivity index (χ4n) is 5.24. The summed E-state index contributed by atoms with van der Waals surface area (Å²) in [6.07, 6.45) is -1.52. The van der Waals surface area contributed by atoms with Crippen molar-refractivity contribution in [2.45, 2.75) is 44.6 Å². The summed E-state index contributed by atoms with van der Waals surface area (Å²) in [5, 5.41) is -1.13. The minimum atomic E-state index is -4.35. The van der Waals surface area contributed by atoms with E-state index in [0.717, 1.165) is 16.7 Å². The first-order valence-corrected chi connectivity index (χ1v) is 13.2. The van der Waals surface area contributed by atoms with E-state index in [-0.39, 0.29) is 0 Å². The van der Waals surface area contributed by atoms with Crippen LogP contribution in [0.5, 0.6) is 0 Å². The number of fused-ring (bicyclic) bond motifs is 1.